The summed E-state index contributed by atoms with van der Waals surface area (Å²) in [4.78, 5) is 30.8. The lowest BCUT2D eigenvalue weighted by Gasteiger charge is -2.30. The second kappa shape index (κ2) is 9.01. The number of urea groups is 1. The number of hydrogen-bond donors (Lipinski definition) is 3. The van der Waals surface area contributed by atoms with E-state index >= 15 is 0 Å². The van der Waals surface area contributed by atoms with Gasteiger partial charge in [-0.2, -0.15) is 0 Å². The van der Waals surface area contributed by atoms with Crippen LogP contribution in [0.15, 0.2) is 23.6 Å². The number of nitrogens with zero attached hydrogens (tertiary/aromatic N) is 2. The van der Waals surface area contributed by atoms with Gasteiger partial charge in [-0.05, 0) is 43.5 Å². The molecule has 0 radical (unpaired) electrons. The van der Waals surface area contributed by atoms with Crippen LogP contribution in [0.1, 0.15) is 26.7 Å². The van der Waals surface area contributed by atoms with E-state index in [0.29, 0.717) is 24.0 Å². The van der Waals surface area contributed by atoms with Gasteiger partial charge in [0.2, 0.25) is 0 Å². The molecule has 3 heterocycles. The van der Waals surface area contributed by atoms with Crippen LogP contribution in [-0.2, 0) is 4.79 Å². The SMILES string of the molecule is CC(C)CN1C(=O)COc2cc(-c3nc(NC(=O)N[C@H]4CCCNC4)cs3)ccc21. The van der Waals surface area contributed by atoms with Crippen molar-refractivity contribution >= 4 is 34.8 Å². The molecule has 2 aliphatic heterocycles. The van der Waals surface area contributed by atoms with E-state index in [4.69, 9.17) is 4.74 Å². The molecule has 8 nitrogen and oxygen atoms in total. The molecule has 1 fully saturated rings. The maximum Gasteiger partial charge on any atom is 0.320 e. The van der Waals surface area contributed by atoms with Crippen LogP contribution in [0.3, 0.4) is 0 Å². The molecule has 0 unspecified atom stereocenters. The number of carbonyl (C=O) groups excluding carboxylic acids is 2. The van der Waals surface area contributed by atoms with Crippen LogP contribution < -0.4 is 25.6 Å². The lowest BCUT2D eigenvalue weighted by molar-refractivity contribution is -0.121. The van der Waals surface area contributed by atoms with Crippen LogP contribution >= 0.6 is 11.3 Å². The van der Waals surface area contributed by atoms with Crippen molar-refractivity contribution in [3.05, 3.63) is 23.6 Å². The molecule has 30 heavy (non-hydrogen) atoms. The Balaban J connectivity index is 1.44. The van der Waals surface area contributed by atoms with Crippen molar-refractivity contribution in [2.24, 2.45) is 5.92 Å². The molecule has 9 heteroatoms. The minimum Gasteiger partial charge on any atom is -0.482 e. The molecule has 1 atom stereocenters. The van der Waals surface area contributed by atoms with Gasteiger partial charge in [0.05, 0.1) is 5.69 Å². The number of aromatic nitrogens is 1. The summed E-state index contributed by atoms with van der Waals surface area (Å²) >= 11 is 1.45. The molecule has 1 aromatic heterocycles. The summed E-state index contributed by atoms with van der Waals surface area (Å²) in [5.41, 5.74) is 1.68. The molecule has 0 saturated carbocycles. The van der Waals surface area contributed by atoms with E-state index in [1.54, 1.807) is 4.90 Å². The van der Waals surface area contributed by atoms with Crippen LogP contribution in [-0.4, -0.2) is 49.2 Å². The second-order valence-electron chi connectivity index (χ2n) is 8.05. The number of fused-ring (bicyclic) bond motifs is 1. The first kappa shape index (κ1) is 20.6. The lowest BCUT2D eigenvalue weighted by atomic mass is 10.1. The monoisotopic (exact) mass is 429 g/mol. The number of hydrogen-bond acceptors (Lipinski definition) is 6. The maximum atomic E-state index is 12.2. The molecule has 4 rings (SSSR count). The Bertz CT molecular complexity index is 923. The molecule has 0 aliphatic carbocycles. The smallest absolute Gasteiger partial charge is 0.320 e. The number of amides is 3. The molecule has 2 aromatic rings. The molecule has 3 amide bonds. The summed E-state index contributed by atoms with van der Waals surface area (Å²) in [6, 6.07) is 5.65. The fraction of sp³-hybridized carbons (Fsp3) is 0.476. The van der Waals surface area contributed by atoms with Gasteiger partial charge in [0.25, 0.3) is 5.91 Å². The van der Waals surface area contributed by atoms with Gasteiger partial charge in [-0.25, -0.2) is 9.78 Å². The number of nitrogens with one attached hydrogen (secondary N) is 3. The summed E-state index contributed by atoms with van der Waals surface area (Å²) in [5, 5.41) is 11.7. The first-order chi connectivity index (χ1) is 14.5. The first-order valence-electron chi connectivity index (χ1n) is 10.3. The Labute approximate surface area is 180 Å². The Morgan fingerprint density at radius 1 is 1.43 bits per heavy atom. The maximum absolute atomic E-state index is 12.2. The molecular weight excluding hydrogens is 402 g/mol. The van der Waals surface area contributed by atoms with Gasteiger partial charge in [-0.3, -0.25) is 10.1 Å². The Kier molecular flexibility index (Phi) is 6.19. The van der Waals surface area contributed by atoms with E-state index in [0.717, 1.165) is 42.2 Å². The zero-order chi connectivity index (χ0) is 21.1. The number of ether oxygens (including phenoxy) is 1. The molecule has 0 bridgehead atoms. The van der Waals surface area contributed by atoms with Gasteiger partial charge in [-0.15, -0.1) is 11.3 Å². The quantitative estimate of drug-likeness (QED) is 0.679. The van der Waals surface area contributed by atoms with Crippen LogP contribution in [0.5, 0.6) is 5.75 Å². The number of carbonyl (C=O) groups is 2. The lowest BCUT2D eigenvalue weighted by Crippen LogP contribution is -2.47. The van der Waals surface area contributed by atoms with Gasteiger partial charge in [-0.1, -0.05) is 13.8 Å². The van der Waals surface area contributed by atoms with Gasteiger partial charge < -0.3 is 20.3 Å². The Morgan fingerprint density at radius 3 is 3.07 bits per heavy atom. The molecular formula is C21H27N5O3S. The normalized spacial score (nSPS) is 18.7. The molecule has 160 valence electrons. The number of piperidine rings is 1. The Morgan fingerprint density at radius 2 is 2.30 bits per heavy atom. The van der Waals surface area contributed by atoms with Crippen molar-refractivity contribution in [3.8, 4) is 16.3 Å². The number of benzene rings is 1. The number of thiazole rings is 1. The highest BCUT2D eigenvalue weighted by Gasteiger charge is 2.26. The highest BCUT2D eigenvalue weighted by molar-refractivity contribution is 7.13. The van der Waals surface area contributed by atoms with E-state index in [2.05, 4.69) is 34.8 Å². The number of rotatable bonds is 5. The molecule has 2 aliphatic rings. The zero-order valence-electron chi connectivity index (χ0n) is 17.2. The fourth-order valence-corrected chi connectivity index (χ4v) is 4.43. The molecule has 1 saturated heterocycles. The fourth-order valence-electron chi connectivity index (χ4n) is 3.68. The van der Waals surface area contributed by atoms with Crippen LogP contribution in [0, 0.1) is 5.92 Å². The van der Waals surface area contributed by atoms with E-state index < -0.39 is 0 Å². The topological polar surface area (TPSA) is 95.6 Å². The summed E-state index contributed by atoms with van der Waals surface area (Å²) in [5.74, 6) is 1.54. The highest BCUT2D eigenvalue weighted by Crippen LogP contribution is 2.37. The van der Waals surface area contributed by atoms with Crippen LogP contribution in [0.25, 0.3) is 10.6 Å². The van der Waals surface area contributed by atoms with E-state index in [1.165, 1.54) is 11.3 Å². The van der Waals surface area contributed by atoms with Crippen molar-refractivity contribution in [2.75, 3.05) is 36.5 Å². The third kappa shape index (κ3) is 4.73. The predicted molar refractivity (Wildman–Crippen MR) is 118 cm³/mol. The van der Waals surface area contributed by atoms with Gasteiger partial charge in [0.15, 0.2) is 6.61 Å². The largest absolute Gasteiger partial charge is 0.482 e. The van der Waals surface area contributed by atoms with E-state index in [-0.39, 0.29) is 24.6 Å². The van der Waals surface area contributed by atoms with Crippen molar-refractivity contribution in [1.82, 2.24) is 15.6 Å². The van der Waals surface area contributed by atoms with Crippen molar-refractivity contribution in [3.63, 3.8) is 0 Å². The third-order valence-corrected chi connectivity index (χ3v) is 5.97. The van der Waals surface area contributed by atoms with E-state index in [9.17, 15) is 9.59 Å². The Hall–Kier alpha value is -2.65. The summed E-state index contributed by atoms with van der Waals surface area (Å²) in [7, 11) is 0. The molecule has 1 aromatic carbocycles. The third-order valence-electron chi connectivity index (χ3n) is 5.08. The second-order valence-corrected chi connectivity index (χ2v) is 8.91. The summed E-state index contributed by atoms with van der Waals surface area (Å²) in [6.07, 6.45) is 2.04. The van der Waals surface area contributed by atoms with Crippen molar-refractivity contribution in [2.45, 2.75) is 32.7 Å². The van der Waals surface area contributed by atoms with Gasteiger partial charge in [0.1, 0.15) is 16.6 Å². The average molecular weight is 430 g/mol. The summed E-state index contributed by atoms with van der Waals surface area (Å²) in [6.45, 7) is 6.67. The molecule has 3 N–H and O–H groups in total. The highest BCUT2D eigenvalue weighted by atomic mass is 32.1. The van der Waals surface area contributed by atoms with Crippen molar-refractivity contribution in [1.29, 1.82) is 0 Å². The van der Waals surface area contributed by atoms with Gasteiger partial charge in [0, 0.05) is 30.1 Å². The van der Waals surface area contributed by atoms with Gasteiger partial charge >= 0.3 is 6.03 Å². The predicted octanol–water partition coefficient (Wildman–Crippen LogP) is 3.07. The number of anilines is 2. The standard InChI is InChI=1S/C21H27N5O3S/c1-13(2)10-26-16-6-5-14(8-17(16)29-11-19(26)27)20-24-18(12-30-20)25-21(28)23-15-4-3-7-22-9-15/h5-6,8,12-13,15,22H,3-4,7,9-11H2,1-2H3,(H2,23,25,28)/t15-/m0/s1. The summed E-state index contributed by atoms with van der Waals surface area (Å²) < 4.78 is 5.67. The minimum atomic E-state index is -0.239. The minimum absolute atomic E-state index is 0.0242. The molecule has 0 spiro atoms. The van der Waals surface area contributed by atoms with E-state index in [1.807, 2.05) is 23.6 Å². The average Bonchev–Trinajstić information content (AvgIpc) is 3.18. The van der Waals surface area contributed by atoms with Crippen LogP contribution in [0.4, 0.5) is 16.3 Å². The van der Waals surface area contributed by atoms with Crippen molar-refractivity contribution < 1.29 is 14.3 Å². The zero-order valence-corrected chi connectivity index (χ0v) is 18.1. The first-order valence-corrected chi connectivity index (χ1v) is 11.2. The van der Waals surface area contributed by atoms with Crippen LogP contribution in [0.2, 0.25) is 0 Å².